The smallest absolute Gasteiger partial charge is 0.259 e. The number of hydrogen-bond donors (Lipinski definition) is 0. The summed E-state index contributed by atoms with van der Waals surface area (Å²) in [6.07, 6.45) is 3.77. The van der Waals surface area contributed by atoms with Crippen LogP contribution >= 0.6 is 0 Å². The van der Waals surface area contributed by atoms with Crippen molar-refractivity contribution in [3.05, 3.63) is 53.7 Å². The Kier molecular flexibility index (Phi) is 3.00. The molecule has 1 aliphatic rings. The molecular formula is C14H16N2O. The van der Waals surface area contributed by atoms with E-state index in [9.17, 15) is 4.79 Å². The number of carbonyl (C=O) groups excluding carboxylic acids is 1. The predicted octanol–water partition coefficient (Wildman–Crippen LogP) is 1.95. The first-order valence-corrected chi connectivity index (χ1v) is 5.53. The van der Waals surface area contributed by atoms with Crippen LogP contribution in [0.4, 0.5) is 0 Å². The molecule has 3 heteroatoms. The van der Waals surface area contributed by atoms with Crippen molar-refractivity contribution in [2.24, 2.45) is 0 Å². The minimum absolute atomic E-state index is 0.0394. The maximum Gasteiger partial charge on any atom is 0.259 e. The molecule has 0 aliphatic carbocycles. The van der Waals surface area contributed by atoms with Gasteiger partial charge in [0, 0.05) is 27.3 Å². The van der Waals surface area contributed by atoms with Gasteiger partial charge in [-0.1, -0.05) is 30.3 Å². The molecule has 0 saturated heterocycles. The van der Waals surface area contributed by atoms with Crippen LogP contribution in [0, 0.1) is 0 Å². The fraction of sp³-hybridized carbons (Fsp3) is 0.214. The highest BCUT2D eigenvalue weighted by molar-refractivity contribution is 6.07. The molecule has 88 valence electrons. The first-order valence-electron chi connectivity index (χ1n) is 5.53. The molecule has 2 rings (SSSR count). The molecular weight excluding hydrogens is 212 g/mol. The molecule has 3 nitrogen and oxygen atoms in total. The van der Waals surface area contributed by atoms with Gasteiger partial charge < -0.3 is 9.80 Å². The van der Waals surface area contributed by atoms with Crippen molar-refractivity contribution in [3.63, 3.8) is 0 Å². The van der Waals surface area contributed by atoms with Crippen molar-refractivity contribution in [2.75, 3.05) is 21.1 Å². The molecule has 1 amide bonds. The van der Waals surface area contributed by atoms with Gasteiger partial charge in [0.1, 0.15) is 0 Å². The second-order valence-electron chi connectivity index (χ2n) is 4.31. The third-order valence-corrected chi connectivity index (χ3v) is 2.67. The SMILES string of the molecule is CN(C)/C=C1\C=C(c2ccccc2)N(C)C1=O. The summed E-state index contributed by atoms with van der Waals surface area (Å²) in [4.78, 5) is 15.6. The normalized spacial score (nSPS) is 17.6. The average Bonchev–Trinajstić information content (AvgIpc) is 2.58. The van der Waals surface area contributed by atoms with Gasteiger partial charge in [0.15, 0.2) is 0 Å². The standard InChI is InChI=1S/C14H16N2O/c1-15(2)10-12-9-13(16(3)14(12)17)11-7-5-4-6-8-11/h4-10H,1-3H3/b12-10+. The average molecular weight is 228 g/mol. The van der Waals surface area contributed by atoms with Crippen LogP contribution in [0.3, 0.4) is 0 Å². The Labute approximate surface area is 102 Å². The Morgan fingerprint density at radius 1 is 1.18 bits per heavy atom. The summed E-state index contributed by atoms with van der Waals surface area (Å²) in [5.41, 5.74) is 2.73. The van der Waals surface area contributed by atoms with Gasteiger partial charge in [0.2, 0.25) is 0 Å². The summed E-state index contributed by atoms with van der Waals surface area (Å²) in [6.45, 7) is 0. The van der Waals surface area contributed by atoms with E-state index in [2.05, 4.69) is 0 Å². The molecule has 0 radical (unpaired) electrons. The third kappa shape index (κ3) is 2.23. The van der Waals surface area contributed by atoms with Gasteiger partial charge in [-0.05, 0) is 11.6 Å². The van der Waals surface area contributed by atoms with Crippen LogP contribution in [0.15, 0.2) is 48.2 Å². The van der Waals surface area contributed by atoms with E-state index in [0.29, 0.717) is 0 Å². The molecule has 0 bridgehead atoms. The van der Waals surface area contributed by atoms with E-state index in [0.717, 1.165) is 16.8 Å². The largest absolute Gasteiger partial charge is 0.383 e. The zero-order valence-electron chi connectivity index (χ0n) is 10.3. The molecule has 0 spiro atoms. The molecule has 17 heavy (non-hydrogen) atoms. The molecule has 0 aromatic heterocycles. The first kappa shape index (κ1) is 11.5. The van der Waals surface area contributed by atoms with E-state index < -0.39 is 0 Å². The lowest BCUT2D eigenvalue weighted by Gasteiger charge is -2.14. The summed E-state index contributed by atoms with van der Waals surface area (Å²) in [5, 5.41) is 0. The fourth-order valence-electron chi connectivity index (χ4n) is 1.87. The number of rotatable bonds is 2. The fourth-order valence-corrected chi connectivity index (χ4v) is 1.87. The summed E-state index contributed by atoms with van der Waals surface area (Å²) in [6, 6.07) is 9.93. The van der Waals surface area contributed by atoms with Crippen molar-refractivity contribution >= 4 is 11.6 Å². The van der Waals surface area contributed by atoms with Crippen LogP contribution in [-0.2, 0) is 4.79 Å². The number of benzene rings is 1. The van der Waals surface area contributed by atoms with E-state index in [1.54, 1.807) is 11.9 Å². The van der Waals surface area contributed by atoms with E-state index in [1.165, 1.54) is 0 Å². The number of carbonyl (C=O) groups is 1. The van der Waals surface area contributed by atoms with Crippen LogP contribution in [0.25, 0.3) is 5.70 Å². The van der Waals surface area contributed by atoms with Crippen molar-refractivity contribution in [2.45, 2.75) is 0 Å². The van der Waals surface area contributed by atoms with Crippen molar-refractivity contribution in [3.8, 4) is 0 Å². The molecule has 1 heterocycles. The molecule has 0 N–H and O–H groups in total. The maximum absolute atomic E-state index is 12.0. The molecule has 0 fully saturated rings. The zero-order valence-corrected chi connectivity index (χ0v) is 10.3. The van der Waals surface area contributed by atoms with Crippen molar-refractivity contribution < 1.29 is 4.79 Å². The van der Waals surface area contributed by atoms with E-state index in [1.807, 2.05) is 61.6 Å². The summed E-state index contributed by atoms with van der Waals surface area (Å²) < 4.78 is 0. The molecule has 1 aliphatic heterocycles. The Hall–Kier alpha value is -2.03. The zero-order chi connectivity index (χ0) is 12.4. The minimum Gasteiger partial charge on any atom is -0.383 e. The highest BCUT2D eigenvalue weighted by atomic mass is 16.2. The minimum atomic E-state index is 0.0394. The van der Waals surface area contributed by atoms with Gasteiger partial charge in [-0.3, -0.25) is 4.79 Å². The predicted molar refractivity (Wildman–Crippen MR) is 69.0 cm³/mol. The topological polar surface area (TPSA) is 23.6 Å². The van der Waals surface area contributed by atoms with Gasteiger partial charge in [-0.15, -0.1) is 0 Å². The van der Waals surface area contributed by atoms with E-state index >= 15 is 0 Å². The number of nitrogens with zero attached hydrogens (tertiary/aromatic N) is 2. The van der Waals surface area contributed by atoms with E-state index in [-0.39, 0.29) is 5.91 Å². The maximum atomic E-state index is 12.0. The number of amides is 1. The van der Waals surface area contributed by atoms with Crippen LogP contribution < -0.4 is 0 Å². The third-order valence-electron chi connectivity index (χ3n) is 2.67. The molecule has 1 aromatic rings. The van der Waals surface area contributed by atoms with Gasteiger partial charge in [-0.25, -0.2) is 0 Å². The highest BCUT2D eigenvalue weighted by Crippen LogP contribution is 2.27. The van der Waals surface area contributed by atoms with Gasteiger partial charge in [-0.2, -0.15) is 0 Å². The monoisotopic (exact) mass is 228 g/mol. The quantitative estimate of drug-likeness (QED) is 0.722. The van der Waals surface area contributed by atoms with Crippen LogP contribution in [0.2, 0.25) is 0 Å². The molecule has 0 saturated carbocycles. The van der Waals surface area contributed by atoms with Crippen molar-refractivity contribution in [1.82, 2.24) is 9.80 Å². The van der Waals surface area contributed by atoms with Gasteiger partial charge >= 0.3 is 0 Å². The second kappa shape index (κ2) is 4.45. The van der Waals surface area contributed by atoms with Crippen molar-refractivity contribution in [1.29, 1.82) is 0 Å². The van der Waals surface area contributed by atoms with Gasteiger partial charge in [0.05, 0.1) is 11.3 Å². The highest BCUT2D eigenvalue weighted by Gasteiger charge is 2.25. The molecule has 0 atom stereocenters. The van der Waals surface area contributed by atoms with Crippen LogP contribution in [0.5, 0.6) is 0 Å². The Morgan fingerprint density at radius 2 is 1.82 bits per heavy atom. The number of likely N-dealkylation sites (N-methyl/N-ethyl adjacent to an activating group) is 1. The summed E-state index contributed by atoms with van der Waals surface area (Å²) in [7, 11) is 5.63. The Balaban J connectivity index is 2.40. The summed E-state index contributed by atoms with van der Waals surface area (Å²) >= 11 is 0. The van der Waals surface area contributed by atoms with Crippen LogP contribution in [0.1, 0.15) is 5.56 Å². The summed E-state index contributed by atoms with van der Waals surface area (Å²) in [5.74, 6) is 0.0394. The lowest BCUT2D eigenvalue weighted by molar-refractivity contribution is -0.122. The van der Waals surface area contributed by atoms with Gasteiger partial charge in [0.25, 0.3) is 5.91 Å². The second-order valence-corrected chi connectivity index (χ2v) is 4.31. The first-order chi connectivity index (χ1) is 8.09. The Bertz CT molecular complexity index is 486. The lowest BCUT2D eigenvalue weighted by Crippen LogP contribution is -2.21. The lowest BCUT2D eigenvalue weighted by atomic mass is 10.1. The Morgan fingerprint density at radius 3 is 2.41 bits per heavy atom. The molecule has 0 unspecified atom stereocenters. The van der Waals surface area contributed by atoms with E-state index in [4.69, 9.17) is 0 Å². The number of hydrogen-bond acceptors (Lipinski definition) is 2. The van der Waals surface area contributed by atoms with Crippen LogP contribution in [-0.4, -0.2) is 36.9 Å². The molecule has 1 aromatic carbocycles.